The van der Waals surface area contributed by atoms with E-state index in [2.05, 4.69) is 5.32 Å². The highest BCUT2D eigenvalue weighted by Gasteiger charge is 2.18. The monoisotopic (exact) mass is 258 g/mol. The van der Waals surface area contributed by atoms with E-state index in [-0.39, 0.29) is 18.2 Å². The summed E-state index contributed by atoms with van der Waals surface area (Å²) in [6, 6.07) is -0.487. The van der Waals surface area contributed by atoms with Crippen molar-refractivity contribution in [3.05, 3.63) is 0 Å². The van der Waals surface area contributed by atoms with Gasteiger partial charge in [0.2, 0.25) is 5.91 Å². The van der Waals surface area contributed by atoms with Crippen molar-refractivity contribution in [3.8, 4) is 0 Å². The summed E-state index contributed by atoms with van der Waals surface area (Å²) < 4.78 is 0. The molecule has 0 rings (SSSR count). The van der Waals surface area contributed by atoms with E-state index in [1.54, 1.807) is 0 Å². The summed E-state index contributed by atoms with van der Waals surface area (Å²) in [7, 11) is 0. The average Bonchev–Trinajstić information content (AvgIpc) is 2.24. The van der Waals surface area contributed by atoms with Gasteiger partial charge < -0.3 is 16.2 Å². The van der Waals surface area contributed by atoms with E-state index < -0.39 is 12.0 Å². The molecule has 0 aliphatic heterocycles. The van der Waals surface area contributed by atoms with Crippen LogP contribution in [0.1, 0.15) is 46.5 Å². The number of aliphatic carboxylic acids is 1. The van der Waals surface area contributed by atoms with E-state index in [0.29, 0.717) is 18.9 Å². The van der Waals surface area contributed by atoms with Crippen LogP contribution in [0.4, 0.5) is 0 Å². The molecule has 0 heterocycles. The van der Waals surface area contributed by atoms with Crippen LogP contribution >= 0.6 is 0 Å². The number of rotatable bonds is 9. The Morgan fingerprint density at radius 3 is 2.39 bits per heavy atom. The third-order valence-electron chi connectivity index (χ3n) is 2.77. The van der Waals surface area contributed by atoms with E-state index in [4.69, 9.17) is 10.8 Å². The summed E-state index contributed by atoms with van der Waals surface area (Å²) in [5.41, 5.74) is 5.69. The summed E-state index contributed by atoms with van der Waals surface area (Å²) in [4.78, 5) is 22.4. The minimum atomic E-state index is -0.826. The van der Waals surface area contributed by atoms with Crippen molar-refractivity contribution < 1.29 is 14.7 Å². The van der Waals surface area contributed by atoms with Gasteiger partial charge in [-0.25, -0.2) is 0 Å². The predicted octanol–water partition coefficient (Wildman–Crippen LogP) is 1.37. The normalized spacial score (nSPS) is 14.3. The molecule has 0 aromatic carbocycles. The minimum absolute atomic E-state index is 0.0275. The van der Waals surface area contributed by atoms with Gasteiger partial charge in [-0.2, -0.15) is 0 Å². The van der Waals surface area contributed by atoms with E-state index in [0.717, 1.165) is 12.8 Å². The summed E-state index contributed by atoms with van der Waals surface area (Å²) in [6.45, 7) is 6.44. The lowest BCUT2D eigenvalue weighted by Gasteiger charge is -2.19. The molecule has 106 valence electrons. The van der Waals surface area contributed by atoms with Crippen molar-refractivity contribution in [2.24, 2.45) is 17.6 Å². The molecule has 0 unspecified atom stereocenters. The molecular weight excluding hydrogens is 232 g/mol. The van der Waals surface area contributed by atoms with Gasteiger partial charge in [0.05, 0.1) is 6.04 Å². The van der Waals surface area contributed by atoms with Crippen molar-refractivity contribution in [3.63, 3.8) is 0 Å². The number of amides is 1. The van der Waals surface area contributed by atoms with E-state index in [1.165, 1.54) is 0 Å². The third-order valence-corrected chi connectivity index (χ3v) is 2.77. The van der Waals surface area contributed by atoms with Gasteiger partial charge in [0.1, 0.15) is 0 Å². The molecule has 0 aromatic rings. The second-order valence-corrected chi connectivity index (χ2v) is 5.23. The molecule has 5 heteroatoms. The van der Waals surface area contributed by atoms with Crippen LogP contribution in [0, 0.1) is 11.8 Å². The third kappa shape index (κ3) is 8.06. The zero-order valence-corrected chi connectivity index (χ0v) is 11.6. The Bertz CT molecular complexity index is 267. The SMILES string of the molecule is CCC[C@@H](N)C(=O)NC[C@H](CC(=O)O)CC(C)C. The highest BCUT2D eigenvalue weighted by molar-refractivity contribution is 5.81. The first kappa shape index (κ1) is 16.9. The van der Waals surface area contributed by atoms with Crippen LogP contribution in [-0.4, -0.2) is 29.6 Å². The van der Waals surface area contributed by atoms with Crippen LogP contribution in [0.3, 0.4) is 0 Å². The lowest BCUT2D eigenvalue weighted by molar-refractivity contribution is -0.138. The number of carboxylic acids is 1. The summed E-state index contributed by atoms with van der Waals surface area (Å²) in [5.74, 6) is -0.625. The second kappa shape index (κ2) is 8.91. The van der Waals surface area contributed by atoms with Gasteiger partial charge in [-0.1, -0.05) is 27.2 Å². The largest absolute Gasteiger partial charge is 0.481 e. The molecule has 1 amide bonds. The van der Waals surface area contributed by atoms with Crippen molar-refractivity contribution in [1.29, 1.82) is 0 Å². The standard InChI is InChI=1S/C13H26N2O3/c1-4-5-11(14)13(18)15-8-10(6-9(2)3)7-12(16)17/h9-11H,4-8,14H2,1-3H3,(H,15,18)(H,16,17)/t10-,11+/m0/s1. The van der Waals surface area contributed by atoms with Gasteiger partial charge in [0, 0.05) is 13.0 Å². The van der Waals surface area contributed by atoms with Crippen molar-refractivity contribution >= 4 is 11.9 Å². The summed E-state index contributed by atoms with van der Waals surface area (Å²) in [5, 5.41) is 11.6. The molecule has 0 spiro atoms. The predicted molar refractivity (Wildman–Crippen MR) is 71.1 cm³/mol. The van der Waals surface area contributed by atoms with Crippen LogP contribution < -0.4 is 11.1 Å². The van der Waals surface area contributed by atoms with Gasteiger partial charge in [0.15, 0.2) is 0 Å². The molecule has 0 aromatic heterocycles. The van der Waals surface area contributed by atoms with Gasteiger partial charge in [-0.05, 0) is 24.7 Å². The van der Waals surface area contributed by atoms with Gasteiger partial charge in [0.25, 0.3) is 0 Å². The van der Waals surface area contributed by atoms with Gasteiger partial charge >= 0.3 is 5.97 Å². The molecule has 0 fully saturated rings. The zero-order chi connectivity index (χ0) is 14.1. The molecule has 0 bridgehead atoms. The molecule has 0 radical (unpaired) electrons. The molecular formula is C13H26N2O3. The quantitative estimate of drug-likeness (QED) is 0.582. The number of hydrogen-bond acceptors (Lipinski definition) is 3. The molecule has 0 aliphatic rings. The van der Waals surface area contributed by atoms with Crippen LogP contribution in [-0.2, 0) is 9.59 Å². The summed E-state index contributed by atoms with van der Waals surface area (Å²) >= 11 is 0. The molecule has 18 heavy (non-hydrogen) atoms. The fourth-order valence-electron chi connectivity index (χ4n) is 1.97. The topological polar surface area (TPSA) is 92.4 Å². The van der Waals surface area contributed by atoms with Crippen LogP contribution in [0.5, 0.6) is 0 Å². The fourth-order valence-corrected chi connectivity index (χ4v) is 1.97. The molecule has 4 N–H and O–H groups in total. The van der Waals surface area contributed by atoms with Gasteiger partial charge in [-0.15, -0.1) is 0 Å². The second-order valence-electron chi connectivity index (χ2n) is 5.23. The van der Waals surface area contributed by atoms with Crippen molar-refractivity contribution in [2.75, 3.05) is 6.54 Å². The maximum Gasteiger partial charge on any atom is 0.303 e. The minimum Gasteiger partial charge on any atom is -0.481 e. The van der Waals surface area contributed by atoms with E-state index in [9.17, 15) is 9.59 Å². The summed E-state index contributed by atoms with van der Waals surface area (Å²) in [6.07, 6.45) is 2.38. The first-order chi connectivity index (χ1) is 8.36. The lowest BCUT2D eigenvalue weighted by Crippen LogP contribution is -2.42. The smallest absolute Gasteiger partial charge is 0.303 e. The number of nitrogens with one attached hydrogen (secondary N) is 1. The first-order valence-corrected chi connectivity index (χ1v) is 6.61. The highest BCUT2D eigenvalue weighted by atomic mass is 16.4. The molecule has 0 aliphatic carbocycles. The van der Waals surface area contributed by atoms with Crippen molar-refractivity contribution in [2.45, 2.75) is 52.5 Å². The van der Waals surface area contributed by atoms with Crippen LogP contribution in [0.25, 0.3) is 0 Å². The highest BCUT2D eigenvalue weighted by Crippen LogP contribution is 2.14. The Morgan fingerprint density at radius 2 is 1.94 bits per heavy atom. The number of hydrogen-bond donors (Lipinski definition) is 3. The Hall–Kier alpha value is -1.10. The Labute approximate surface area is 109 Å². The zero-order valence-electron chi connectivity index (χ0n) is 11.6. The number of nitrogens with two attached hydrogens (primary N) is 1. The Balaban J connectivity index is 4.16. The van der Waals surface area contributed by atoms with Crippen LogP contribution in [0.15, 0.2) is 0 Å². The number of carbonyl (C=O) groups is 2. The van der Waals surface area contributed by atoms with Crippen molar-refractivity contribution in [1.82, 2.24) is 5.32 Å². The van der Waals surface area contributed by atoms with Gasteiger partial charge in [-0.3, -0.25) is 9.59 Å². The number of carbonyl (C=O) groups excluding carboxylic acids is 1. The van der Waals surface area contributed by atoms with E-state index in [1.807, 2.05) is 20.8 Å². The maximum absolute atomic E-state index is 11.6. The molecule has 0 saturated carbocycles. The Kier molecular flexibility index (Phi) is 8.37. The average molecular weight is 258 g/mol. The lowest BCUT2D eigenvalue weighted by atomic mass is 9.94. The fraction of sp³-hybridized carbons (Fsp3) is 0.846. The molecule has 0 saturated heterocycles. The van der Waals surface area contributed by atoms with E-state index >= 15 is 0 Å². The molecule has 5 nitrogen and oxygen atoms in total. The number of carboxylic acid groups (broad SMARTS) is 1. The maximum atomic E-state index is 11.6. The Morgan fingerprint density at radius 1 is 1.33 bits per heavy atom. The van der Waals surface area contributed by atoms with Crippen LogP contribution in [0.2, 0.25) is 0 Å². The first-order valence-electron chi connectivity index (χ1n) is 6.61. The molecule has 2 atom stereocenters.